The molecule has 0 unspecified atom stereocenters. The van der Waals surface area contributed by atoms with E-state index in [-0.39, 0.29) is 16.9 Å². The van der Waals surface area contributed by atoms with Crippen LogP contribution in [0.1, 0.15) is 17.3 Å². The molecule has 33 heavy (non-hydrogen) atoms. The van der Waals surface area contributed by atoms with Crippen molar-refractivity contribution in [3.05, 3.63) is 84.4 Å². The summed E-state index contributed by atoms with van der Waals surface area (Å²) in [5, 5.41) is 5.77. The average Bonchev–Trinajstić information content (AvgIpc) is 2.82. The predicted molar refractivity (Wildman–Crippen MR) is 133 cm³/mol. The Kier molecular flexibility index (Phi) is 8.37. The van der Waals surface area contributed by atoms with Crippen LogP contribution in [0.2, 0.25) is 0 Å². The molecule has 8 heteroatoms. The fourth-order valence-electron chi connectivity index (χ4n) is 2.83. The van der Waals surface area contributed by atoms with Crippen molar-refractivity contribution in [1.82, 2.24) is 5.32 Å². The Hall–Kier alpha value is -3.91. The Morgan fingerprint density at radius 3 is 2.00 bits per heavy atom. The lowest BCUT2D eigenvalue weighted by Gasteiger charge is -2.16. The zero-order chi connectivity index (χ0) is 23.6. The molecule has 0 aliphatic heterocycles. The smallest absolute Gasteiger partial charge is 0.257 e. The summed E-state index contributed by atoms with van der Waals surface area (Å²) >= 11 is 5.23. The monoisotopic (exact) mass is 463 g/mol. The molecular formula is C25H25N3O4S. The van der Waals surface area contributed by atoms with E-state index in [1.165, 1.54) is 11.8 Å². The topological polar surface area (TPSA) is 79.9 Å². The van der Waals surface area contributed by atoms with Gasteiger partial charge in [-0.2, -0.15) is 0 Å². The van der Waals surface area contributed by atoms with Crippen LogP contribution >= 0.6 is 12.2 Å². The standard InChI is InChI=1S/C25H25N3O4S/c1-18(29)28(2)21-12-10-20(11-13-21)26-25(33)27-24(30)19-8-14-23(15-9-19)32-17-16-31-22-6-4-3-5-7-22/h3-15H,16-17H2,1-2H3,(H2,26,27,30,33). The molecule has 0 fully saturated rings. The maximum atomic E-state index is 12.4. The molecule has 2 amide bonds. The second-order valence-electron chi connectivity index (χ2n) is 7.07. The lowest BCUT2D eigenvalue weighted by molar-refractivity contribution is -0.116. The van der Waals surface area contributed by atoms with E-state index in [4.69, 9.17) is 21.7 Å². The van der Waals surface area contributed by atoms with E-state index < -0.39 is 0 Å². The number of thiocarbonyl (C=S) groups is 1. The zero-order valence-electron chi connectivity index (χ0n) is 18.4. The first kappa shape index (κ1) is 23.7. The quantitative estimate of drug-likeness (QED) is 0.384. The highest BCUT2D eigenvalue weighted by Gasteiger charge is 2.09. The number of anilines is 2. The van der Waals surface area contributed by atoms with E-state index in [0.29, 0.717) is 30.2 Å². The molecule has 3 rings (SSSR count). The third-order valence-corrected chi connectivity index (χ3v) is 4.90. The molecule has 0 saturated heterocycles. The van der Waals surface area contributed by atoms with Crippen molar-refractivity contribution in [3.8, 4) is 11.5 Å². The van der Waals surface area contributed by atoms with Gasteiger partial charge in [-0.15, -0.1) is 0 Å². The predicted octanol–water partition coefficient (Wildman–Crippen LogP) is 4.25. The third-order valence-electron chi connectivity index (χ3n) is 4.69. The fourth-order valence-corrected chi connectivity index (χ4v) is 3.04. The van der Waals surface area contributed by atoms with Crippen molar-refractivity contribution in [1.29, 1.82) is 0 Å². The van der Waals surface area contributed by atoms with Crippen molar-refractivity contribution in [3.63, 3.8) is 0 Å². The maximum Gasteiger partial charge on any atom is 0.257 e. The molecule has 0 saturated carbocycles. The summed E-state index contributed by atoms with van der Waals surface area (Å²) in [4.78, 5) is 25.4. The fraction of sp³-hybridized carbons (Fsp3) is 0.160. The molecule has 0 atom stereocenters. The first-order valence-corrected chi connectivity index (χ1v) is 10.7. The molecule has 3 aromatic rings. The Labute approximate surface area is 198 Å². The Bertz CT molecular complexity index is 1090. The molecule has 0 bridgehead atoms. The van der Waals surface area contributed by atoms with Crippen molar-refractivity contribution in [2.45, 2.75) is 6.92 Å². The molecule has 0 aromatic heterocycles. The third kappa shape index (κ3) is 7.33. The molecule has 7 nitrogen and oxygen atoms in total. The number of carbonyl (C=O) groups excluding carboxylic acids is 2. The normalized spacial score (nSPS) is 10.1. The highest BCUT2D eigenvalue weighted by atomic mass is 32.1. The zero-order valence-corrected chi connectivity index (χ0v) is 19.2. The van der Waals surface area contributed by atoms with Crippen LogP contribution in [0.3, 0.4) is 0 Å². The highest BCUT2D eigenvalue weighted by Crippen LogP contribution is 2.17. The van der Waals surface area contributed by atoms with Crippen molar-refractivity contribution < 1.29 is 19.1 Å². The number of para-hydroxylation sites is 1. The van der Waals surface area contributed by atoms with Crippen LogP contribution in [-0.4, -0.2) is 37.2 Å². The van der Waals surface area contributed by atoms with Crippen LogP contribution in [-0.2, 0) is 4.79 Å². The SMILES string of the molecule is CC(=O)N(C)c1ccc(NC(=S)NC(=O)c2ccc(OCCOc3ccccc3)cc2)cc1. The van der Waals surface area contributed by atoms with Gasteiger partial charge in [0.1, 0.15) is 24.7 Å². The van der Waals surface area contributed by atoms with Gasteiger partial charge >= 0.3 is 0 Å². The van der Waals surface area contributed by atoms with Crippen LogP contribution < -0.4 is 25.0 Å². The first-order chi connectivity index (χ1) is 15.9. The van der Waals surface area contributed by atoms with Crippen LogP contribution in [0.5, 0.6) is 11.5 Å². The van der Waals surface area contributed by atoms with Crippen molar-refractivity contribution in [2.75, 3.05) is 30.5 Å². The number of nitrogens with zero attached hydrogens (tertiary/aromatic N) is 1. The molecule has 0 aliphatic carbocycles. The minimum Gasteiger partial charge on any atom is -0.490 e. The minimum atomic E-state index is -0.334. The van der Waals surface area contributed by atoms with E-state index in [2.05, 4.69) is 10.6 Å². The van der Waals surface area contributed by atoms with Gasteiger partial charge in [0.2, 0.25) is 5.91 Å². The second kappa shape index (κ2) is 11.6. The number of ether oxygens (including phenoxy) is 2. The number of carbonyl (C=O) groups is 2. The van der Waals surface area contributed by atoms with Crippen molar-refractivity contribution in [2.24, 2.45) is 0 Å². The number of hydrogen-bond acceptors (Lipinski definition) is 5. The first-order valence-electron chi connectivity index (χ1n) is 10.3. The molecule has 170 valence electrons. The average molecular weight is 464 g/mol. The number of nitrogens with one attached hydrogen (secondary N) is 2. The van der Waals surface area contributed by atoms with Gasteiger partial charge in [-0.3, -0.25) is 14.9 Å². The Balaban J connectivity index is 1.44. The molecule has 0 aliphatic rings. The van der Waals surface area contributed by atoms with Gasteiger partial charge in [0.05, 0.1) is 0 Å². The molecule has 2 N–H and O–H groups in total. The summed E-state index contributed by atoms with van der Waals surface area (Å²) in [7, 11) is 1.70. The van der Waals surface area contributed by atoms with Gasteiger partial charge < -0.3 is 19.7 Å². The van der Waals surface area contributed by atoms with E-state index in [0.717, 1.165) is 11.4 Å². The number of amides is 2. The minimum absolute atomic E-state index is 0.0598. The molecule has 0 spiro atoms. The molecule has 0 radical (unpaired) electrons. The van der Waals surface area contributed by atoms with E-state index >= 15 is 0 Å². The van der Waals surface area contributed by atoms with Gasteiger partial charge in [-0.1, -0.05) is 18.2 Å². The van der Waals surface area contributed by atoms with Gasteiger partial charge in [0, 0.05) is 30.9 Å². The van der Waals surface area contributed by atoms with Crippen LogP contribution in [0, 0.1) is 0 Å². The number of rotatable bonds is 8. The van der Waals surface area contributed by atoms with Gasteiger partial charge in [0.25, 0.3) is 5.91 Å². The highest BCUT2D eigenvalue weighted by molar-refractivity contribution is 7.80. The summed E-state index contributed by atoms with van der Waals surface area (Å²) in [6.07, 6.45) is 0. The lowest BCUT2D eigenvalue weighted by atomic mass is 10.2. The van der Waals surface area contributed by atoms with Crippen LogP contribution in [0.15, 0.2) is 78.9 Å². The summed E-state index contributed by atoms with van der Waals surface area (Å²) in [6, 6.07) is 23.4. The van der Waals surface area contributed by atoms with Crippen molar-refractivity contribution >= 4 is 40.5 Å². The molecule has 3 aromatic carbocycles. The van der Waals surface area contributed by atoms with E-state index in [1.54, 1.807) is 55.6 Å². The largest absolute Gasteiger partial charge is 0.490 e. The Morgan fingerprint density at radius 2 is 1.42 bits per heavy atom. The number of benzene rings is 3. The van der Waals surface area contributed by atoms with E-state index in [1.807, 2.05) is 30.3 Å². The summed E-state index contributed by atoms with van der Waals surface area (Å²) < 4.78 is 11.2. The summed E-state index contributed by atoms with van der Waals surface area (Å²) in [5.74, 6) is 1.03. The summed E-state index contributed by atoms with van der Waals surface area (Å²) in [5.41, 5.74) is 1.91. The van der Waals surface area contributed by atoms with Gasteiger partial charge in [-0.05, 0) is 72.9 Å². The van der Waals surface area contributed by atoms with Gasteiger partial charge in [-0.25, -0.2) is 0 Å². The lowest BCUT2D eigenvalue weighted by Crippen LogP contribution is -2.34. The molecular weight excluding hydrogens is 438 g/mol. The Morgan fingerprint density at radius 1 is 0.848 bits per heavy atom. The van der Waals surface area contributed by atoms with E-state index in [9.17, 15) is 9.59 Å². The van der Waals surface area contributed by atoms with Crippen LogP contribution in [0.25, 0.3) is 0 Å². The maximum absolute atomic E-state index is 12.4. The number of hydrogen-bond donors (Lipinski definition) is 2. The molecule has 0 heterocycles. The second-order valence-corrected chi connectivity index (χ2v) is 7.48. The summed E-state index contributed by atoms with van der Waals surface area (Å²) in [6.45, 7) is 2.30. The van der Waals surface area contributed by atoms with Crippen LogP contribution in [0.4, 0.5) is 11.4 Å². The van der Waals surface area contributed by atoms with Gasteiger partial charge in [0.15, 0.2) is 5.11 Å².